The Morgan fingerprint density at radius 2 is 2.33 bits per heavy atom. The van der Waals surface area contributed by atoms with Gasteiger partial charge in [-0.15, -0.1) is 0 Å². The summed E-state index contributed by atoms with van der Waals surface area (Å²) in [6.45, 7) is 3.71. The summed E-state index contributed by atoms with van der Waals surface area (Å²) in [5.41, 5.74) is 4.67. The van der Waals surface area contributed by atoms with Crippen molar-refractivity contribution in [1.29, 1.82) is 0 Å². The molecule has 1 heterocycles. The average molecular weight is 229 g/mol. The molecule has 0 saturated carbocycles. The number of rotatable bonds is 4. The van der Waals surface area contributed by atoms with Crippen LogP contribution >= 0.6 is 11.6 Å². The van der Waals surface area contributed by atoms with Crippen molar-refractivity contribution in [3.63, 3.8) is 0 Å². The lowest BCUT2D eigenvalue weighted by Crippen LogP contribution is -2.36. The van der Waals surface area contributed by atoms with Gasteiger partial charge in [0.15, 0.2) is 0 Å². The van der Waals surface area contributed by atoms with E-state index in [0.717, 1.165) is 0 Å². The number of nitrogens with zero attached hydrogens (tertiary/aromatic N) is 2. The van der Waals surface area contributed by atoms with Gasteiger partial charge < -0.3 is 11.1 Å². The number of nitrogens with two attached hydrogens (primary N) is 1. The largest absolute Gasteiger partial charge is 0.370 e. The molecule has 0 aromatic carbocycles. The third kappa shape index (κ3) is 4.12. The van der Waals surface area contributed by atoms with E-state index in [-0.39, 0.29) is 17.6 Å². The van der Waals surface area contributed by atoms with Crippen LogP contribution in [0.3, 0.4) is 0 Å². The van der Waals surface area contributed by atoms with E-state index < -0.39 is 5.54 Å². The van der Waals surface area contributed by atoms with Crippen LogP contribution < -0.4 is 11.1 Å². The molecular weight excluding hydrogens is 216 g/mol. The fourth-order valence-corrected chi connectivity index (χ4v) is 1.38. The number of hydrogen-bond donors (Lipinski definition) is 2. The maximum atomic E-state index is 10.8. The molecule has 0 radical (unpaired) electrons. The highest BCUT2D eigenvalue weighted by molar-refractivity contribution is 6.28. The van der Waals surface area contributed by atoms with Crippen molar-refractivity contribution in [3.8, 4) is 0 Å². The highest BCUT2D eigenvalue weighted by atomic mass is 35.5. The SMILES string of the molecule is CC(C)(CC(N)=O)Nc1ccnc(Cl)n1. The van der Waals surface area contributed by atoms with Gasteiger partial charge in [-0.1, -0.05) is 0 Å². The quantitative estimate of drug-likeness (QED) is 0.759. The number of primary amides is 1. The average Bonchev–Trinajstić information content (AvgIpc) is 1.99. The van der Waals surface area contributed by atoms with E-state index in [4.69, 9.17) is 17.3 Å². The van der Waals surface area contributed by atoms with Gasteiger partial charge in [0, 0.05) is 18.2 Å². The minimum absolute atomic E-state index is 0.162. The summed E-state index contributed by atoms with van der Waals surface area (Å²) in [4.78, 5) is 18.5. The standard InChI is InChI=1S/C9H13ClN4O/c1-9(2,5-6(11)15)14-7-3-4-12-8(10)13-7/h3-4H,5H2,1-2H3,(H2,11,15)(H,12,13,14). The Labute approximate surface area is 93.0 Å². The van der Waals surface area contributed by atoms with Crippen LogP contribution in [-0.2, 0) is 4.79 Å². The number of anilines is 1. The van der Waals surface area contributed by atoms with Crippen LogP contribution in [0.15, 0.2) is 12.3 Å². The van der Waals surface area contributed by atoms with Gasteiger partial charge >= 0.3 is 0 Å². The number of carbonyl (C=O) groups excluding carboxylic acids is 1. The van der Waals surface area contributed by atoms with E-state index in [9.17, 15) is 4.79 Å². The fraction of sp³-hybridized carbons (Fsp3) is 0.444. The second-order valence-electron chi connectivity index (χ2n) is 3.86. The minimum Gasteiger partial charge on any atom is -0.370 e. The number of nitrogens with one attached hydrogen (secondary N) is 1. The van der Waals surface area contributed by atoms with Crippen LogP contribution in [-0.4, -0.2) is 21.4 Å². The molecule has 3 N–H and O–H groups in total. The van der Waals surface area contributed by atoms with Gasteiger partial charge in [0.05, 0.1) is 0 Å². The van der Waals surface area contributed by atoms with Crippen LogP contribution in [0.2, 0.25) is 5.28 Å². The summed E-state index contributed by atoms with van der Waals surface area (Å²) in [6.07, 6.45) is 1.76. The summed E-state index contributed by atoms with van der Waals surface area (Å²) < 4.78 is 0. The summed E-state index contributed by atoms with van der Waals surface area (Å²) in [7, 11) is 0. The van der Waals surface area contributed by atoms with E-state index in [1.807, 2.05) is 13.8 Å². The fourth-order valence-electron chi connectivity index (χ4n) is 1.23. The van der Waals surface area contributed by atoms with Crippen LogP contribution in [0.4, 0.5) is 5.82 Å². The van der Waals surface area contributed by atoms with Crippen molar-refractivity contribution in [2.24, 2.45) is 5.73 Å². The Morgan fingerprint density at radius 1 is 1.67 bits per heavy atom. The predicted molar refractivity (Wildman–Crippen MR) is 58.6 cm³/mol. The molecular formula is C9H13ClN4O. The van der Waals surface area contributed by atoms with Gasteiger partial charge in [0.2, 0.25) is 11.2 Å². The van der Waals surface area contributed by atoms with Crippen LogP contribution in [0.1, 0.15) is 20.3 Å². The van der Waals surface area contributed by atoms with E-state index in [0.29, 0.717) is 5.82 Å². The first-order valence-electron chi connectivity index (χ1n) is 4.44. The van der Waals surface area contributed by atoms with E-state index in [1.54, 1.807) is 6.07 Å². The Hall–Kier alpha value is -1.36. The monoisotopic (exact) mass is 228 g/mol. The first-order valence-corrected chi connectivity index (χ1v) is 4.82. The maximum Gasteiger partial charge on any atom is 0.224 e. The molecule has 0 spiro atoms. The molecule has 1 rings (SSSR count). The topological polar surface area (TPSA) is 80.9 Å². The molecule has 1 aromatic heterocycles. The molecule has 0 aliphatic rings. The zero-order valence-corrected chi connectivity index (χ0v) is 9.38. The highest BCUT2D eigenvalue weighted by Gasteiger charge is 2.20. The number of hydrogen-bond acceptors (Lipinski definition) is 4. The molecule has 0 fully saturated rings. The zero-order valence-electron chi connectivity index (χ0n) is 8.62. The molecule has 15 heavy (non-hydrogen) atoms. The highest BCUT2D eigenvalue weighted by Crippen LogP contribution is 2.16. The molecule has 0 unspecified atom stereocenters. The summed E-state index contributed by atoms with van der Waals surface area (Å²) in [6, 6.07) is 1.68. The van der Waals surface area contributed by atoms with E-state index in [2.05, 4.69) is 15.3 Å². The van der Waals surface area contributed by atoms with Crippen molar-refractivity contribution >= 4 is 23.3 Å². The molecule has 0 aliphatic carbocycles. The van der Waals surface area contributed by atoms with Crippen molar-refractivity contribution in [1.82, 2.24) is 9.97 Å². The molecule has 1 amide bonds. The van der Waals surface area contributed by atoms with Gasteiger partial charge in [0.25, 0.3) is 0 Å². The minimum atomic E-state index is -0.455. The molecule has 0 atom stereocenters. The lowest BCUT2D eigenvalue weighted by Gasteiger charge is -2.25. The maximum absolute atomic E-state index is 10.8. The molecule has 0 saturated heterocycles. The summed E-state index contributed by atoms with van der Waals surface area (Å²) in [5.74, 6) is 0.203. The lowest BCUT2D eigenvalue weighted by atomic mass is 10.0. The second kappa shape index (κ2) is 4.44. The molecule has 82 valence electrons. The molecule has 0 bridgehead atoms. The van der Waals surface area contributed by atoms with Crippen LogP contribution in [0, 0.1) is 0 Å². The molecule has 0 aliphatic heterocycles. The van der Waals surface area contributed by atoms with Gasteiger partial charge in [-0.3, -0.25) is 4.79 Å². The third-order valence-corrected chi connectivity index (χ3v) is 1.89. The lowest BCUT2D eigenvalue weighted by molar-refractivity contribution is -0.118. The third-order valence-electron chi connectivity index (χ3n) is 1.71. The normalized spacial score (nSPS) is 11.1. The van der Waals surface area contributed by atoms with Crippen LogP contribution in [0.5, 0.6) is 0 Å². The number of halogens is 1. The van der Waals surface area contributed by atoms with Crippen molar-refractivity contribution in [2.45, 2.75) is 25.8 Å². The zero-order chi connectivity index (χ0) is 11.5. The van der Waals surface area contributed by atoms with Gasteiger partial charge in [-0.25, -0.2) is 9.97 Å². The van der Waals surface area contributed by atoms with E-state index in [1.165, 1.54) is 6.20 Å². The summed E-state index contributed by atoms with van der Waals surface area (Å²) >= 11 is 5.63. The number of aromatic nitrogens is 2. The van der Waals surface area contributed by atoms with Crippen LogP contribution in [0.25, 0.3) is 0 Å². The Balaban J connectivity index is 2.72. The Bertz CT molecular complexity index is 367. The van der Waals surface area contributed by atoms with Gasteiger partial charge in [-0.2, -0.15) is 0 Å². The number of amides is 1. The molecule has 5 nitrogen and oxygen atoms in total. The Morgan fingerprint density at radius 3 is 2.87 bits per heavy atom. The van der Waals surface area contributed by atoms with E-state index >= 15 is 0 Å². The van der Waals surface area contributed by atoms with Gasteiger partial charge in [0.1, 0.15) is 5.82 Å². The van der Waals surface area contributed by atoms with Crippen molar-refractivity contribution in [2.75, 3.05) is 5.32 Å². The van der Waals surface area contributed by atoms with Crippen molar-refractivity contribution in [3.05, 3.63) is 17.5 Å². The van der Waals surface area contributed by atoms with Gasteiger partial charge in [-0.05, 0) is 31.5 Å². The smallest absolute Gasteiger partial charge is 0.224 e. The first kappa shape index (κ1) is 11.7. The second-order valence-corrected chi connectivity index (χ2v) is 4.20. The summed E-state index contributed by atoms with van der Waals surface area (Å²) in [5, 5.41) is 3.22. The molecule has 1 aromatic rings. The Kier molecular flexibility index (Phi) is 3.47. The molecule has 6 heteroatoms. The number of carbonyl (C=O) groups is 1. The van der Waals surface area contributed by atoms with Crippen molar-refractivity contribution < 1.29 is 4.79 Å². The predicted octanol–water partition coefficient (Wildman–Crippen LogP) is 1.20. The first-order chi connectivity index (χ1) is 6.89.